The van der Waals surface area contributed by atoms with E-state index in [0.717, 1.165) is 29.1 Å². The van der Waals surface area contributed by atoms with Crippen LogP contribution in [0.3, 0.4) is 0 Å². The summed E-state index contributed by atoms with van der Waals surface area (Å²) in [5.74, 6) is 1.47. The standard InChI is InChI=1S/C28H39N3O3/c1-7-22(5)30(17-25(32)19-33-20(2)3)18-27-23(6)29-31(24-11-9-8-10-12-24)28(27)34-26-15-13-21(4)14-16-26/h8-16,20,22,25,32H,7,17-19H2,1-6H3/t22-,25+/m0/s1. The predicted molar refractivity (Wildman–Crippen MR) is 137 cm³/mol. The lowest BCUT2D eigenvalue weighted by molar-refractivity contribution is -0.0150. The van der Waals surface area contributed by atoms with Gasteiger partial charge in [-0.25, -0.2) is 4.68 Å². The van der Waals surface area contributed by atoms with Crippen LogP contribution in [0.5, 0.6) is 11.6 Å². The zero-order chi connectivity index (χ0) is 24.7. The van der Waals surface area contributed by atoms with Gasteiger partial charge in [0.1, 0.15) is 5.75 Å². The second-order valence-corrected chi connectivity index (χ2v) is 9.25. The van der Waals surface area contributed by atoms with Crippen LogP contribution in [0.25, 0.3) is 5.69 Å². The highest BCUT2D eigenvalue weighted by Crippen LogP contribution is 2.32. The van der Waals surface area contributed by atoms with Gasteiger partial charge >= 0.3 is 0 Å². The first-order valence-electron chi connectivity index (χ1n) is 12.2. The van der Waals surface area contributed by atoms with E-state index in [-0.39, 0.29) is 12.1 Å². The molecule has 0 radical (unpaired) electrons. The lowest BCUT2D eigenvalue weighted by Gasteiger charge is -2.30. The molecule has 0 unspecified atom stereocenters. The quantitative estimate of drug-likeness (QED) is 0.374. The van der Waals surface area contributed by atoms with Crippen LogP contribution < -0.4 is 4.74 Å². The van der Waals surface area contributed by atoms with Gasteiger partial charge in [0, 0.05) is 19.1 Å². The maximum Gasteiger partial charge on any atom is 0.227 e. The van der Waals surface area contributed by atoms with E-state index >= 15 is 0 Å². The van der Waals surface area contributed by atoms with Crippen molar-refractivity contribution < 1.29 is 14.6 Å². The highest BCUT2D eigenvalue weighted by molar-refractivity contribution is 5.43. The summed E-state index contributed by atoms with van der Waals surface area (Å²) in [6.07, 6.45) is 0.493. The number of benzene rings is 2. The van der Waals surface area contributed by atoms with Crippen LogP contribution in [0.15, 0.2) is 54.6 Å². The summed E-state index contributed by atoms with van der Waals surface area (Å²) in [6.45, 7) is 13.8. The molecule has 3 rings (SSSR count). The van der Waals surface area contributed by atoms with Gasteiger partial charge in [-0.15, -0.1) is 0 Å². The number of para-hydroxylation sites is 1. The first kappa shape index (κ1) is 25.9. The van der Waals surface area contributed by atoms with E-state index in [1.807, 2.05) is 80.1 Å². The van der Waals surface area contributed by atoms with Crippen LogP contribution in [-0.2, 0) is 11.3 Å². The molecule has 2 atom stereocenters. The van der Waals surface area contributed by atoms with Crippen molar-refractivity contribution in [2.24, 2.45) is 0 Å². The number of aliphatic hydroxyl groups is 1. The van der Waals surface area contributed by atoms with E-state index in [2.05, 4.69) is 25.7 Å². The molecule has 6 nitrogen and oxygen atoms in total. The number of aliphatic hydroxyl groups excluding tert-OH is 1. The Morgan fingerprint density at radius 1 is 1.00 bits per heavy atom. The van der Waals surface area contributed by atoms with E-state index in [1.165, 1.54) is 5.56 Å². The lowest BCUT2D eigenvalue weighted by atomic mass is 10.1. The van der Waals surface area contributed by atoms with E-state index in [1.54, 1.807) is 0 Å². The molecule has 6 heteroatoms. The maximum atomic E-state index is 10.7. The molecule has 0 aliphatic heterocycles. The Labute approximate surface area is 204 Å². The largest absolute Gasteiger partial charge is 0.439 e. The molecule has 0 bridgehead atoms. The Bertz CT molecular complexity index is 1020. The van der Waals surface area contributed by atoms with Gasteiger partial charge in [-0.05, 0) is 65.3 Å². The Morgan fingerprint density at radius 2 is 1.68 bits per heavy atom. The third-order valence-electron chi connectivity index (χ3n) is 6.02. The first-order chi connectivity index (χ1) is 16.3. The molecule has 2 aromatic carbocycles. The van der Waals surface area contributed by atoms with Crippen LogP contribution in [0.1, 0.15) is 50.9 Å². The molecular weight excluding hydrogens is 426 g/mol. The van der Waals surface area contributed by atoms with Crippen molar-refractivity contribution in [1.82, 2.24) is 14.7 Å². The number of nitrogens with zero attached hydrogens (tertiary/aromatic N) is 3. The number of hydrogen-bond donors (Lipinski definition) is 1. The highest BCUT2D eigenvalue weighted by Gasteiger charge is 2.24. The molecule has 0 aliphatic rings. The fourth-order valence-electron chi connectivity index (χ4n) is 3.78. The number of aryl methyl sites for hydroxylation is 2. The van der Waals surface area contributed by atoms with Crippen molar-refractivity contribution in [3.8, 4) is 17.3 Å². The monoisotopic (exact) mass is 465 g/mol. The van der Waals surface area contributed by atoms with E-state index in [4.69, 9.17) is 14.6 Å². The lowest BCUT2D eigenvalue weighted by Crippen LogP contribution is -2.40. The maximum absolute atomic E-state index is 10.7. The summed E-state index contributed by atoms with van der Waals surface area (Å²) < 4.78 is 14.0. The smallest absolute Gasteiger partial charge is 0.227 e. The predicted octanol–water partition coefficient (Wildman–Crippen LogP) is 5.67. The fraction of sp³-hybridized carbons (Fsp3) is 0.464. The van der Waals surface area contributed by atoms with Crippen LogP contribution in [0.4, 0.5) is 0 Å². The number of aromatic nitrogens is 2. The Morgan fingerprint density at radius 3 is 2.29 bits per heavy atom. The fourth-order valence-corrected chi connectivity index (χ4v) is 3.78. The molecule has 1 heterocycles. The Hall–Kier alpha value is -2.67. The minimum atomic E-state index is -0.567. The zero-order valence-electron chi connectivity index (χ0n) is 21.4. The molecule has 0 spiro atoms. The van der Waals surface area contributed by atoms with Gasteiger partial charge in [0.15, 0.2) is 0 Å². The molecule has 0 amide bonds. The second kappa shape index (κ2) is 12.2. The van der Waals surface area contributed by atoms with Crippen molar-refractivity contribution in [2.75, 3.05) is 13.2 Å². The van der Waals surface area contributed by atoms with Gasteiger partial charge in [0.2, 0.25) is 5.88 Å². The Balaban J connectivity index is 1.95. The summed E-state index contributed by atoms with van der Waals surface area (Å²) >= 11 is 0. The number of rotatable bonds is 12. The average Bonchev–Trinajstić information content (AvgIpc) is 3.13. The van der Waals surface area contributed by atoms with Crippen LogP contribution in [0, 0.1) is 13.8 Å². The molecule has 1 N–H and O–H groups in total. The normalized spacial score (nSPS) is 13.4. The van der Waals surface area contributed by atoms with Gasteiger partial charge in [-0.1, -0.05) is 42.8 Å². The molecule has 34 heavy (non-hydrogen) atoms. The van der Waals surface area contributed by atoms with Crippen LogP contribution in [-0.4, -0.2) is 51.2 Å². The van der Waals surface area contributed by atoms with Gasteiger partial charge in [-0.3, -0.25) is 4.90 Å². The Kier molecular flexibility index (Phi) is 9.28. The molecule has 3 aromatic rings. The summed E-state index contributed by atoms with van der Waals surface area (Å²) in [5.41, 5.74) is 4.05. The van der Waals surface area contributed by atoms with E-state index in [9.17, 15) is 5.11 Å². The van der Waals surface area contributed by atoms with Gasteiger partial charge in [-0.2, -0.15) is 5.10 Å². The first-order valence-corrected chi connectivity index (χ1v) is 12.2. The van der Waals surface area contributed by atoms with Crippen molar-refractivity contribution in [1.29, 1.82) is 0 Å². The summed E-state index contributed by atoms with van der Waals surface area (Å²) in [5, 5.41) is 15.5. The zero-order valence-corrected chi connectivity index (χ0v) is 21.4. The topological polar surface area (TPSA) is 59.8 Å². The summed E-state index contributed by atoms with van der Waals surface area (Å²) in [6, 6.07) is 18.4. The average molecular weight is 466 g/mol. The second-order valence-electron chi connectivity index (χ2n) is 9.25. The SMILES string of the molecule is CC[C@H](C)N(Cc1c(C)nn(-c2ccccc2)c1Oc1ccc(C)cc1)C[C@@H](O)COC(C)C. The van der Waals surface area contributed by atoms with Crippen LogP contribution >= 0.6 is 0 Å². The molecule has 0 aliphatic carbocycles. The van der Waals surface area contributed by atoms with E-state index in [0.29, 0.717) is 25.6 Å². The van der Waals surface area contributed by atoms with Gasteiger partial charge in [0.05, 0.1) is 35.8 Å². The third kappa shape index (κ3) is 6.92. The van der Waals surface area contributed by atoms with Crippen molar-refractivity contribution in [2.45, 2.75) is 72.8 Å². The molecule has 0 saturated carbocycles. The number of hydrogen-bond acceptors (Lipinski definition) is 5. The van der Waals surface area contributed by atoms with Crippen molar-refractivity contribution in [3.63, 3.8) is 0 Å². The minimum absolute atomic E-state index is 0.0903. The molecule has 184 valence electrons. The van der Waals surface area contributed by atoms with Crippen LogP contribution in [0.2, 0.25) is 0 Å². The van der Waals surface area contributed by atoms with Gasteiger partial charge < -0.3 is 14.6 Å². The van der Waals surface area contributed by atoms with Gasteiger partial charge in [0.25, 0.3) is 0 Å². The van der Waals surface area contributed by atoms with Crippen molar-refractivity contribution in [3.05, 3.63) is 71.4 Å². The molecule has 0 fully saturated rings. The number of ether oxygens (including phenoxy) is 2. The molecule has 1 aromatic heterocycles. The minimum Gasteiger partial charge on any atom is -0.439 e. The third-order valence-corrected chi connectivity index (χ3v) is 6.02. The highest BCUT2D eigenvalue weighted by atomic mass is 16.5. The van der Waals surface area contributed by atoms with Crippen molar-refractivity contribution >= 4 is 0 Å². The molecular formula is C28H39N3O3. The summed E-state index contributed by atoms with van der Waals surface area (Å²) in [4.78, 5) is 2.29. The molecule has 0 saturated heterocycles. The summed E-state index contributed by atoms with van der Waals surface area (Å²) in [7, 11) is 0. The van der Waals surface area contributed by atoms with E-state index < -0.39 is 6.10 Å².